The Morgan fingerprint density at radius 3 is 2.52 bits per heavy atom. The van der Waals surface area contributed by atoms with Gasteiger partial charge in [0.15, 0.2) is 0 Å². The maximum absolute atomic E-state index is 12.7. The lowest BCUT2D eigenvalue weighted by molar-refractivity contribution is 0.0942. The van der Waals surface area contributed by atoms with Crippen molar-refractivity contribution in [3.05, 3.63) is 46.2 Å². The van der Waals surface area contributed by atoms with Gasteiger partial charge in [0, 0.05) is 38.9 Å². The first-order valence-electron chi connectivity index (χ1n) is 8.21. The van der Waals surface area contributed by atoms with Crippen molar-refractivity contribution in [2.24, 2.45) is 14.1 Å². The van der Waals surface area contributed by atoms with Crippen molar-refractivity contribution in [2.75, 3.05) is 5.32 Å². The largest absolute Gasteiger partial charge is 0.346 e. The monoisotopic (exact) mass is 434 g/mol. The van der Waals surface area contributed by atoms with Crippen LogP contribution in [0.15, 0.2) is 29.3 Å². The number of halogens is 1. The first-order chi connectivity index (χ1) is 12.9. The van der Waals surface area contributed by atoms with Crippen LogP contribution in [0.25, 0.3) is 0 Å². The molecular formula is C16H19BrN8O2. The fourth-order valence-electron chi connectivity index (χ4n) is 2.64. The van der Waals surface area contributed by atoms with Gasteiger partial charge in [0.1, 0.15) is 11.4 Å². The molecule has 0 bridgehead atoms. The molecule has 0 fully saturated rings. The molecule has 0 atom stereocenters. The molecule has 0 aliphatic carbocycles. The molecular weight excluding hydrogens is 416 g/mol. The molecule has 27 heavy (non-hydrogen) atoms. The predicted octanol–water partition coefficient (Wildman–Crippen LogP) is 1.31. The quantitative estimate of drug-likeness (QED) is 0.607. The van der Waals surface area contributed by atoms with Crippen molar-refractivity contribution < 1.29 is 9.59 Å². The third kappa shape index (κ3) is 3.92. The van der Waals surface area contributed by atoms with Crippen molar-refractivity contribution in [2.45, 2.75) is 20.0 Å². The Hall–Kier alpha value is -2.95. The van der Waals surface area contributed by atoms with Gasteiger partial charge in [0.25, 0.3) is 11.8 Å². The average Bonchev–Trinajstić information content (AvgIpc) is 3.32. The van der Waals surface area contributed by atoms with Gasteiger partial charge in [-0.2, -0.15) is 15.3 Å². The maximum atomic E-state index is 12.7. The summed E-state index contributed by atoms with van der Waals surface area (Å²) in [5.74, 6) is -0.729. The van der Waals surface area contributed by atoms with Crippen LogP contribution in [0.2, 0.25) is 0 Å². The Morgan fingerprint density at radius 1 is 1.07 bits per heavy atom. The Morgan fingerprint density at radius 2 is 1.85 bits per heavy atom. The van der Waals surface area contributed by atoms with Gasteiger partial charge in [-0.05, 0) is 22.9 Å². The number of aromatic nitrogens is 6. The summed E-state index contributed by atoms with van der Waals surface area (Å²) < 4.78 is 5.22. The van der Waals surface area contributed by atoms with Gasteiger partial charge in [-0.15, -0.1) is 0 Å². The minimum absolute atomic E-state index is 0.255. The van der Waals surface area contributed by atoms with E-state index in [9.17, 15) is 9.59 Å². The second-order valence-electron chi connectivity index (χ2n) is 5.85. The summed E-state index contributed by atoms with van der Waals surface area (Å²) in [6, 6.07) is 0. The van der Waals surface area contributed by atoms with Crippen molar-refractivity contribution in [3.63, 3.8) is 0 Å². The van der Waals surface area contributed by atoms with E-state index in [-0.39, 0.29) is 17.5 Å². The SMILES string of the molecule is CCn1ncc(Br)c1C(=O)Nc1cnn(C)c1C(=O)NCc1cnn(C)c1. The average molecular weight is 435 g/mol. The van der Waals surface area contributed by atoms with Crippen molar-refractivity contribution >= 4 is 33.4 Å². The van der Waals surface area contributed by atoms with Gasteiger partial charge < -0.3 is 10.6 Å². The molecule has 10 nitrogen and oxygen atoms in total. The van der Waals surface area contributed by atoms with Crippen molar-refractivity contribution in [3.8, 4) is 0 Å². The standard InChI is InChI=1S/C16H19BrN8O2/c1-4-25-13(11(17)7-21-25)16(27)22-12-8-20-24(3)14(12)15(26)18-5-10-6-19-23(2)9-10/h6-9H,4-5H2,1-3H3,(H,18,26)(H,22,27). The van der Waals surface area contributed by atoms with Crippen LogP contribution in [0.1, 0.15) is 33.5 Å². The number of anilines is 1. The van der Waals surface area contributed by atoms with E-state index in [1.54, 1.807) is 35.9 Å². The highest BCUT2D eigenvalue weighted by atomic mass is 79.9. The van der Waals surface area contributed by atoms with Gasteiger partial charge in [-0.25, -0.2) is 0 Å². The number of nitrogens with zero attached hydrogens (tertiary/aromatic N) is 6. The van der Waals surface area contributed by atoms with Gasteiger partial charge >= 0.3 is 0 Å². The number of nitrogens with one attached hydrogen (secondary N) is 2. The molecule has 3 rings (SSSR count). The summed E-state index contributed by atoms with van der Waals surface area (Å²) in [5.41, 5.74) is 1.82. The summed E-state index contributed by atoms with van der Waals surface area (Å²) >= 11 is 3.33. The van der Waals surface area contributed by atoms with Crippen molar-refractivity contribution in [1.82, 2.24) is 34.7 Å². The molecule has 3 aromatic rings. The van der Waals surface area contributed by atoms with Crippen LogP contribution in [0.4, 0.5) is 5.69 Å². The Balaban J connectivity index is 1.76. The van der Waals surface area contributed by atoms with E-state index in [0.717, 1.165) is 5.56 Å². The minimum Gasteiger partial charge on any atom is -0.346 e. The minimum atomic E-state index is -0.379. The topological polar surface area (TPSA) is 112 Å². The van der Waals surface area contributed by atoms with Gasteiger partial charge in [-0.3, -0.25) is 23.6 Å². The van der Waals surface area contributed by atoms with Crippen LogP contribution in [-0.2, 0) is 27.2 Å². The van der Waals surface area contributed by atoms with Crippen LogP contribution in [0.3, 0.4) is 0 Å². The van der Waals surface area contributed by atoms with Gasteiger partial charge in [0.05, 0.1) is 28.8 Å². The van der Waals surface area contributed by atoms with Gasteiger partial charge in [-0.1, -0.05) is 0 Å². The highest BCUT2D eigenvalue weighted by Crippen LogP contribution is 2.20. The van der Waals surface area contributed by atoms with E-state index < -0.39 is 0 Å². The lowest BCUT2D eigenvalue weighted by Gasteiger charge is -2.09. The number of rotatable bonds is 6. The Labute approximate surface area is 163 Å². The normalized spacial score (nSPS) is 10.8. The smallest absolute Gasteiger partial charge is 0.275 e. The van der Waals surface area contributed by atoms with E-state index in [2.05, 4.69) is 41.9 Å². The zero-order valence-corrected chi connectivity index (χ0v) is 16.7. The van der Waals surface area contributed by atoms with Crippen LogP contribution >= 0.6 is 15.9 Å². The van der Waals surface area contributed by atoms with E-state index in [1.165, 1.54) is 10.9 Å². The first kappa shape index (κ1) is 18.8. The lowest BCUT2D eigenvalue weighted by Crippen LogP contribution is -2.27. The highest BCUT2D eigenvalue weighted by molar-refractivity contribution is 9.10. The van der Waals surface area contributed by atoms with Gasteiger partial charge in [0.2, 0.25) is 0 Å². The Kier molecular flexibility index (Phi) is 5.40. The number of carbonyl (C=O) groups is 2. The van der Waals surface area contributed by atoms with Crippen LogP contribution in [0.5, 0.6) is 0 Å². The van der Waals surface area contributed by atoms with Crippen LogP contribution < -0.4 is 10.6 Å². The van der Waals surface area contributed by atoms with Crippen LogP contribution in [0, 0.1) is 0 Å². The molecule has 0 saturated carbocycles. The predicted molar refractivity (Wildman–Crippen MR) is 101 cm³/mol. The number of aryl methyl sites for hydroxylation is 3. The molecule has 0 aliphatic rings. The molecule has 0 saturated heterocycles. The fourth-order valence-corrected chi connectivity index (χ4v) is 3.11. The number of hydrogen-bond donors (Lipinski definition) is 2. The third-order valence-corrected chi connectivity index (χ3v) is 4.50. The highest BCUT2D eigenvalue weighted by Gasteiger charge is 2.22. The molecule has 2 N–H and O–H groups in total. The Bertz CT molecular complexity index is 987. The molecule has 3 heterocycles. The summed E-state index contributed by atoms with van der Waals surface area (Å²) in [6.07, 6.45) is 6.49. The second kappa shape index (κ2) is 7.74. The first-order valence-corrected chi connectivity index (χ1v) is 9.00. The molecule has 142 valence electrons. The molecule has 0 aliphatic heterocycles. The summed E-state index contributed by atoms with van der Waals surface area (Å²) in [6.45, 7) is 2.75. The fraction of sp³-hybridized carbons (Fsp3) is 0.312. The number of hydrogen-bond acceptors (Lipinski definition) is 5. The summed E-state index contributed by atoms with van der Waals surface area (Å²) in [4.78, 5) is 25.3. The summed E-state index contributed by atoms with van der Waals surface area (Å²) in [5, 5.41) is 17.8. The summed E-state index contributed by atoms with van der Waals surface area (Å²) in [7, 11) is 3.44. The number of amides is 2. The zero-order chi connectivity index (χ0) is 19.6. The molecule has 0 radical (unpaired) electrons. The maximum Gasteiger partial charge on any atom is 0.275 e. The number of carbonyl (C=O) groups excluding carboxylic acids is 2. The molecule has 11 heteroatoms. The second-order valence-corrected chi connectivity index (χ2v) is 6.70. The van der Waals surface area contributed by atoms with E-state index in [1.807, 2.05) is 13.1 Å². The van der Waals surface area contributed by atoms with Crippen molar-refractivity contribution in [1.29, 1.82) is 0 Å². The molecule has 0 spiro atoms. The molecule has 3 aromatic heterocycles. The van der Waals surface area contributed by atoms with E-state index >= 15 is 0 Å². The zero-order valence-electron chi connectivity index (χ0n) is 15.1. The van der Waals surface area contributed by atoms with Crippen LogP contribution in [-0.4, -0.2) is 41.2 Å². The lowest BCUT2D eigenvalue weighted by atomic mass is 10.3. The molecule has 0 aromatic carbocycles. The third-order valence-electron chi connectivity index (χ3n) is 3.92. The molecule has 0 unspecified atom stereocenters. The molecule has 2 amide bonds. The van der Waals surface area contributed by atoms with E-state index in [0.29, 0.717) is 28.9 Å². The van der Waals surface area contributed by atoms with E-state index in [4.69, 9.17) is 0 Å².